The number of amides is 1. The average Bonchev–Trinajstić information content (AvgIpc) is 3.26. The van der Waals surface area contributed by atoms with E-state index >= 15 is 0 Å². The monoisotopic (exact) mass is 477 g/mol. The number of rotatable bonds is 9. The van der Waals surface area contributed by atoms with E-state index in [1.165, 1.54) is 5.56 Å². The normalized spacial score (nSPS) is 12.5. The third-order valence-electron chi connectivity index (χ3n) is 5.96. The molecule has 0 aliphatic carbocycles. The zero-order valence-corrected chi connectivity index (χ0v) is 20.9. The molecule has 34 heavy (non-hydrogen) atoms. The van der Waals surface area contributed by atoms with Crippen molar-refractivity contribution in [2.75, 3.05) is 0 Å². The Bertz CT molecular complexity index is 1360. The van der Waals surface area contributed by atoms with Gasteiger partial charge in [-0.3, -0.25) is 18.6 Å². The first-order valence-electron chi connectivity index (χ1n) is 11.8. The number of nitrogens with one attached hydrogen (secondary N) is 1. The highest BCUT2D eigenvalue weighted by atomic mass is 32.2. The van der Waals surface area contributed by atoms with E-state index in [4.69, 9.17) is 0 Å². The molecule has 0 aliphatic heterocycles. The number of aryl methyl sites for hydroxylation is 1. The third kappa shape index (κ3) is 5.01. The number of carbonyl (C=O) groups excluding carboxylic acids is 1. The van der Waals surface area contributed by atoms with Gasteiger partial charge in [0.05, 0.1) is 10.9 Å². The predicted molar refractivity (Wildman–Crippen MR) is 137 cm³/mol. The predicted octanol–water partition coefficient (Wildman–Crippen LogP) is 4.91. The van der Waals surface area contributed by atoms with Crippen LogP contribution in [0.15, 0.2) is 58.5 Å². The molecule has 4 rings (SSSR count). The largest absolute Gasteiger partial charge is 0.350 e. The first-order chi connectivity index (χ1) is 16.4. The number of thioether (sulfide) groups is 1. The molecule has 4 aromatic rings. The molecule has 1 amide bonds. The van der Waals surface area contributed by atoms with Gasteiger partial charge in [0.25, 0.3) is 11.5 Å². The van der Waals surface area contributed by atoms with Gasteiger partial charge in [0, 0.05) is 23.9 Å². The Morgan fingerprint density at radius 2 is 1.85 bits per heavy atom. The summed E-state index contributed by atoms with van der Waals surface area (Å²) in [5.41, 5.74) is 2.23. The van der Waals surface area contributed by atoms with E-state index in [1.807, 2.05) is 36.4 Å². The molecule has 0 spiro atoms. The van der Waals surface area contributed by atoms with E-state index < -0.39 is 0 Å². The average molecular weight is 478 g/mol. The minimum absolute atomic E-state index is 0.0687. The summed E-state index contributed by atoms with van der Waals surface area (Å²) in [5, 5.41) is 13.1. The fraction of sp³-hybridized carbons (Fsp3) is 0.385. The molecule has 178 valence electrons. The van der Waals surface area contributed by atoms with Crippen molar-refractivity contribution in [2.45, 2.75) is 64.0 Å². The van der Waals surface area contributed by atoms with Crippen molar-refractivity contribution >= 4 is 34.3 Å². The summed E-state index contributed by atoms with van der Waals surface area (Å²) >= 11 is 1.57. The minimum atomic E-state index is -0.153. The molecular formula is C26H31N5O2S. The first kappa shape index (κ1) is 24.0. The van der Waals surface area contributed by atoms with Crippen molar-refractivity contribution in [1.82, 2.24) is 24.5 Å². The Morgan fingerprint density at radius 1 is 1.09 bits per heavy atom. The van der Waals surface area contributed by atoms with E-state index in [0.717, 1.165) is 18.6 Å². The summed E-state index contributed by atoms with van der Waals surface area (Å²) in [6.07, 6.45) is 1.70. The summed E-state index contributed by atoms with van der Waals surface area (Å²) in [6.45, 7) is 8.84. The van der Waals surface area contributed by atoms with Crippen LogP contribution in [0.4, 0.5) is 0 Å². The maximum atomic E-state index is 13.4. The molecule has 1 atom stereocenters. The number of aromatic nitrogens is 4. The number of benzene rings is 2. The topological polar surface area (TPSA) is 81.3 Å². The summed E-state index contributed by atoms with van der Waals surface area (Å²) in [4.78, 5) is 26.2. The summed E-state index contributed by atoms with van der Waals surface area (Å²) in [7, 11) is 0. The summed E-state index contributed by atoms with van der Waals surface area (Å²) in [6, 6.07) is 15.5. The van der Waals surface area contributed by atoms with Crippen LogP contribution in [0.3, 0.4) is 0 Å². The molecule has 2 heterocycles. The first-order valence-corrected chi connectivity index (χ1v) is 12.8. The van der Waals surface area contributed by atoms with Crippen LogP contribution in [-0.4, -0.2) is 31.1 Å². The fourth-order valence-electron chi connectivity index (χ4n) is 3.74. The van der Waals surface area contributed by atoms with Gasteiger partial charge in [0.1, 0.15) is 0 Å². The van der Waals surface area contributed by atoms with Gasteiger partial charge in [-0.05, 0) is 49.4 Å². The molecule has 0 aliphatic rings. The van der Waals surface area contributed by atoms with E-state index in [-0.39, 0.29) is 17.5 Å². The van der Waals surface area contributed by atoms with Crippen LogP contribution in [0.5, 0.6) is 0 Å². The molecule has 1 N–H and O–H groups in total. The van der Waals surface area contributed by atoms with Crippen molar-refractivity contribution in [2.24, 2.45) is 5.92 Å². The Balaban J connectivity index is 1.85. The highest BCUT2D eigenvalue weighted by Crippen LogP contribution is 2.25. The van der Waals surface area contributed by atoms with Crippen molar-refractivity contribution in [3.8, 4) is 0 Å². The SMILES string of the molecule is CC[C@@H](C)NC(=O)c1ccc2c(=O)n(CCC(C)C)c3nnc(SCc4ccccc4)n3c2c1. The zero-order valence-electron chi connectivity index (χ0n) is 20.1. The van der Waals surface area contributed by atoms with Gasteiger partial charge in [-0.15, -0.1) is 10.2 Å². The molecular weight excluding hydrogens is 446 g/mol. The lowest BCUT2D eigenvalue weighted by Gasteiger charge is -2.14. The number of hydrogen-bond acceptors (Lipinski definition) is 5. The van der Waals surface area contributed by atoms with Crippen LogP contribution in [-0.2, 0) is 12.3 Å². The molecule has 0 saturated carbocycles. The van der Waals surface area contributed by atoms with Crippen LogP contribution in [0, 0.1) is 5.92 Å². The van der Waals surface area contributed by atoms with Gasteiger partial charge in [0.2, 0.25) is 5.78 Å². The second-order valence-corrected chi connectivity index (χ2v) is 9.99. The number of hydrogen-bond donors (Lipinski definition) is 1. The quantitative estimate of drug-likeness (QED) is 0.346. The van der Waals surface area contributed by atoms with Gasteiger partial charge in [-0.25, -0.2) is 0 Å². The summed E-state index contributed by atoms with van der Waals surface area (Å²) in [5.74, 6) is 1.53. The van der Waals surface area contributed by atoms with E-state index in [2.05, 4.69) is 41.5 Å². The van der Waals surface area contributed by atoms with Crippen LogP contribution in [0.1, 0.15) is 56.5 Å². The maximum Gasteiger partial charge on any atom is 0.262 e. The molecule has 2 aromatic carbocycles. The molecule has 0 fully saturated rings. The maximum absolute atomic E-state index is 13.4. The van der Waals surface area contributed by atoms with Crippen molar-refractivity contribution in [1.29, 1.82) is 0 Å². The van der Waals surface area contributed by atoms with Gasteiger partial charge < -0.3 is 5.32 Å². The van der Waals surface area contributed by atoms with Crippen molar-refractivity contribution < 1.29 is 4.79 Å². The lowest BCUT2D eigenvalue weighted by atomic mass is 10.1. The molecule has 7 nitrogen and oxygen atoms in total. The van der Waals surface area contributed by atoms with Crippen molar-refractivity contribution in [3.05, 3.63) is 70.0 Å². The molecule has 0 unspecified atom stereocenters. The Morgan fingerprint density at radius 3 is 2.56 bits per heavy atom. The minimum Gasteiger partial charge on any atom is -0.350 e. The van der Waals surface area contributed by atoms with Crippen molar-refractivity contribution in [3.63, 3.8) is 0 Å². The van der Waals surface area contributed by atoms with Gasteiger partial charge in [0.15, 0.2) is 5.16 Å². The fourth-order valence-corrected chi connectivity index (χ4v) is 4.63. The highest BCUT2D eigenvalue weighted by molar-refractivity contribution is 7.98. The van der Waals surface area contributed by atoms with Crippen LogP contribution < -0.4 is 10.9 Å². The van der Waals surface area contributed by atoms with Gasteiger partial charge >= 0.3 is 0 Å². The van der Waals surface area contributed by atoms with Gasteiger partial charge in [-0.1, -0.05) is 62.9 Å². The lowest BCUT2D eigenvalue weighted by molar-refractivity contribution is 0.0939. The molecule has 0 bridgehead atoms. The standard InChI is InChI=1S/C26H31N5O2S/c1-5-18(4)27-23(32)20-11-12-21-22(15-20)31-25(30(24(21)33)14-13-17(2)3)28-29-26(31)34-16-19-9-7-6-8-10-19/h6-12,15,17-18H,5,13-14,16H2,1-4H3,(H,27,32)/t18-/m1/s1. The Hall–Kier alpha value is -3.13. The Labute approximate surface area is 203 Å². The van der Waals surface area contributed by atoms with Crippen LogP contribution >= 0.6 is 11.8 Å². The molecule has 2 aromatic heterocycles. The third-order valence-corrected chi connectivity index (χ3v) is 6.96. The highest BCUT2D eigenvalue weighted by Gasteiger charge is 2.19. The smallest absolute Gasteiger partial charge is 0.262 e. The number of nitrogens with zero attached hydrogens (tertiary/aromatic N) is 4. The number of fused-ring (bicyclic) bond motifs is 3. The van der Waals surface area contributed by atoms with E-state index in [0.29, 0.717) is 39.9 Å². The van der Waals surface area contributed by atoms with E-state index in [1.54, 1.807) is 34.5 Å². The van der Waals surface area contributed by atoms with Crippen LogP contribution in [0.25, 0.3) is 16.7 Å². The Kier molecular flexibility index (Phi) is 7.36. The zero-order chi connectivity index (χ0) is 24.2. The lowest BCUT2D eigenvalue weighted by Crippen LogP contribution is -2.32. The van der Waals surface area contributed by atoms with Crippen LogP contribution in [0.2, 0.25) is 0 Å². The van der Waals surface area contributed by atoms with E-state index in [9.17, 15) is 9.59 Å². The van der Waals surface area contributed by atoms with Gasteiger partial charge in [-0.2, -0.15) is 0 Å². The second-order valence-electron chi connectivity index (χ2n) is 9.05. The molecule has 0 radical (unpaired) electrons. The molecule has 8 heteroatoms. The number of carbonyl (C=O) groups is 1. The second kappa shape index (κ2) is 10.4. The molecule has 0 saturated heterocycles. The summed E-state index contributed by atoms with van der Waals surface area (Å²) < 4.78 is 3.63.